The molecule has 1 saturated heterocycles. The van der Waals surface area contributed by atoms with Gasteiger partial charge >= 0.3 is 0 Å². The second-order valence-corrected chi connectivity index (χ2v) is 9.51. The van der Waals surface area contributed by atoms with Gasteiger partial charge in [0.05, 0.1) is 8.19 Å². The quantitative estimate of drug-likeness (QED) is 0.639. The van der Waals surface area contributed by atoms with Crippen LogP contribution in [0.5, 0.6) is 0 Å². The van der Waals surface area contributed by atoms with E-state index in [4.69, 9.17) is 9.47 Å². The largest absolute Gasteiger partial charge is 0.350 e. The van der Waals surface area contributed by atoms with Crippen molar-refractivity contribution in [1.29, 1.82) is 0 Å². The van der Waals surface area contributed by atoms with Crippen LogP contribution in [-0.4, -0.2) is 24.4 Å². The highest BCUT2D eigenvalue weighted by Crippen LogP contribution is 2.34. The van der Waals surface area contributed by atoms with Crippen LogP contribution in [0, 0.1) is 5.41 Å². The number of carbonyl (C=O) groups is 1. The highest BCUT2D eigenvalue weighted by molar-refractivity contribution is 14.2. The second kappa shape index (κ2) is 5.70. The smallest absolute Gasteiger partial charge is 0.253 e. The van der Waals surface area contributed by atoms with Crippen molar-refractivity contribution in [3.05, 3.63) is 7.79 Å². The minimum atomic E-state index is -0.710. The lowest BCUT2D eigenvalue weighted by Gasteiger charge is -2.44. The monoisotopic (exact) mass is 465 g/mol. The molecule has 6 heteroatoms. The first-order chi connectivity index (χ1) is 7.64. The number of hydrogen-bond acceptors (Lipinski definition) is 3. The third kappa shape index (κ3) is 4.64. The van der Waals surface area contributed by atoms with Gasteiger partial charge in [-0.25, -0.2) is 0 Å². The van der Waals surface area contributed by atoms with E-state index in [2.05, 4.69) is 50.5 Å². The van der Waals surface area contributed by atoms with Crippen LogP contribution in [0.15, 0.2) is 7.79 Å². The normalized spacial score (nSPS) is 26.1. The van der Waals surface area contributed by atoms with Crippen LogP contribution < -0.4 is 5.32 Å². The van der Waals surface area contributed by atoms with Gasteiger partial charge in [0, 0.05) is 11.6 Å². The molecule has 1 fully saturated rings. The van der Waals surface area contributed by atoms with Crippen LogP contribution in [0.25, 0.3) is 0 Å². The summed E-state index contributed by atoms with van der Waals surface area (Å²) in [4.78, 5) is 12.1. The Hall–Kier alpha value is 0.590. The maximum absolute atomic E-state index is 12.1. The van der Waals surface area contributed by atoms with E-state index in [9.17, 15) is 4.79 Å². The number of ether oxygens (including phenoxy) is 2. The van der Waals surface area contributed by atoms with Crippen molar-refractivity contribution >= 4 is 51.1 Å². The number of carbonyl (C=O) groups excluding carboxylic acids is 1. The Morgan fingerprint density at radius 3 is 2.47 bits per heavy atom. The summed E-state index contributed by atoms with van der Waals surface area (Å²) in [5, 5.41) is 2.75. The molecule has 17 heavy (non-hydrogen) atoms. The summed E-state index contributed by atoms with van der Waals surface area (Å²) in [6, 6.07) is 0. The van der Waals surface area contributed by atoms with Crippen LogP contribution in [0.1, 0.15) is 27.7 Å². The minimum absolute atomic E-state index is 0.128. The highest BCUT2D eigenvalue weighted by atomic mass is 127. The fraction of sp³-hybridized carbons (Fsp3) is 0.727. The molecule has 0 aromatic carbocycles. The summed E-state index contributed by atoms with van der Waals surface area (Å²) in [5.74, 6) is -0.837. The zero-order valence-electron chi connectivity index (χ0n) is 10.3. The number of amides is 1. The Morgan fingerprint density at radius 1 is 1.35 bits per heavy atom. The molecule has 1 aliphatic rings. The van der Waals surface area contributed by atoms with Crippen LogP contribution >= 0.6 is 45.2 Å². The van der Waals surface area contributed by atoms with Crippen molar-refractivity contribution in [3.8, 4) is 0 Å². The topological polar surface area (TPSA) is 47.6 Å². The molecule has 1 amide bonds. The van der Waals surface area contributed by atoms with Crippen LogP contribution in [-0.2, 0) is 14.3 Å². The predicted molar refractivity (Wildman–Crippen MR) is 83.0 cm³/mol. The van der Waals surface area contributed by atoms with E-state index < -0.39 is 11.9 Å². The molecular weight excluding hydrogens is 448 g/mol. The van der Waals surface area contributed by atoms with Crippen molar-refractivity contribution in [1.82, 2.24) is 5.32 Å². The third-order valence-corrected chi connectivity index (χ3v) is 3.09. The predicted octanol–water partition coefficient (Wildman–Crippen LogP) is 2.95. The Balaban J connectivity index is 2.78. The summed E-state index contributed by atoms with van der Waals surface area (Å²) < 4.78 is 12.3. The number of hydrogen-bond donors (Lipinski definition) is 1. The van der Waals surface area contributed by atoms with Gasteiger partial charge in [0.2, 0.25) is 0 Å². The summed E-state index contributed by atoms with van der Waals surface area (Å²) >= 11 is 4.26. The average molecular weight is 465 g/mol. The summed E-state index contributed by atoms with van der Waals surface area (Å²) in [6.45, 7) is 8.07. The molecule has 1 rings (SSSR count). The maximum atomic E-state index is 12.1. The van der Waals surface area contributed by atoms with Gasteiger partial charge in [-0.2, -0.15) is 0 Å². The second-order valence-electron chi connectivity index (χ2n) is 5.12. The molecule has 0 aromatic heterocycles. The van der Waals surface area contributed by atoms with Crippen LogP contribution in [0.3, 0.4) is 0 Å². The molecule has 98 valence electrons. The van der Waals surface area contributed by atoms with Gasteiger partial charge in [-0.1, -0.05) is 13.8 Å². The molecule has 0 saturated carbocycles. The molecule has 1 atom stereocenters. The van der Waals surface area contributed by atoms with Gasteiger partial charge in [0.25, 0.3) is 5.91 Å². The van der Waals surface area contributed by atoms with Crippen LogP contribution in [0.2, 0.25) is 0 Å². The zero-order chi connectivity index (χ0) is 13.3. The first kappa shape index (κ1) is 15.6. The summed E-state index contributed by atoms with van der Waals surface area (Å²) in [7, 11) is 0. The van der Waals surface area contributed by atoms with E-state index in [1.54, 1.807) is 6.20 Å². The minimum Gasteiger partial charge on any atom is -0.350 e. The molecule has 0 aliphatic carbocycles. The van der Waals surface area contributed by atoms with E-state index in [0.29, 0.717) is 6.61 Å². The number of nitrogens with one attached hydrogen (secondary N) is 1. The molecule has 1 N–H and O–H groups in total. The van der Waals surface area contributed by atoms with Gasteiger partial charge < -0.3 is 14.8 Å². The van der Waals surface area contributed by atoms with Crippen molar-refractivity contribution in [3.63, 3.8) is 0 Å². The van der Waals surface area contributed by atoms with Crippen molar-refractivity contribution in [2.45, 2.75) is 39.6 Å². The maximum Gasteiger partial charge on any atom is 0.253 e. The summed E-state index contributed by atoms with van der Waals surface area (Å²) in [5.41, 5.74) is -0.329. The van der Waals surface area contributed by atoms with E-state index in [1.165, 1.54) is 0 Å². The first-order valence-electron chi connectivity index (χ1n) is 5.27. The van der Waals surface area contributed by atoms with Crippen molar-refractivity contribution < 1.29 is 14.3 Å². The van der Waals surface area contributed by atoms with E-state index >= 15 is 0 Å². The molecule has 0 unspecified atom stereocenters. The fourth-order valence-electron chi connectivity index (χ4n) is 1.52. The fourth-order valence-corrected chi connectivity index (χ4v) is 1.83. The molecule has 1 aliphatic heterocycles. The third-order valence-electron chi connectivity index (χ3n) is 2.46. The van der Waals surface area contributed by atoms with E-state index in [1.807, 2.05) is 27.7 Å². The van der Waals surface area contributed by atoms with E-state index in [0.717, 1.165) is 1.59 Å². The lowest BCUT2D eigenvalue weighted by Crippen LogP contribution is -2.55. The van der Waals surface area contributed by atoms with Gasteiger partial charge in [-0.3, -0.25) is 4.79 Å². The zero-order valence-corrected chi connectivity index (χ0v) is 14.7. The molecule has 0 radical (unpaired) electrons. The van der Waals surface area contributed by atoms with E-state index in [-0.39, 0.29) is 11.3 Å². The Kier molecular flexibility index (Phi) is 5.25. The van der Waals surface area contributed by atoms with Crippen molar-refractivity contribution in [2.75, 3.05) is 6.61 Å². The van der Waals surface area contributed by atoms with Gasteiger partial charge in [-0.05, 0) is 59.0 Å². The lowest BCUT2D eigenvalue weighted by molar-refractivity contribution is -0.303. The molecule has 4 nitrogen and oxygen atoms in total. The van der Waals surface area contributed by atoms with Gasteiger partial charge in [0.15, 0.2) is 5.79 Å². The first-order valence-corrected chi connectivity index (χ1v) is 7.43. The average Bonchev–Trinajstić information content (AvgIpc) is 2.19. The molecule has 0 aromatic rings. The van der Waals surface area contributed by atoms with Crippen molar-refractivity contribution in [2.24, 2.45) is 5.41 Å². The highest BCUT2D eigenvalue weighted by Gasteiger charge is 2.45. The molecule has 0 spiro atoms. The summed E-state index contributed by atoms with van der Waals surface area (Å²) in [6.07, 6.45) is 1.17. The van der Waals surface area contributed by atoms with Crippen LogP contribution in [0.4, 0.5) is 0 Å². The Morgan fingerprint density at radius 2 is 1.94 bits per heavy atom. The standard InChI is InChI=1S/C11H17I2NO3/c1-10(2)6-16-11(3,4)17-8(10)9(15)14-5-7(12)13/h5,8H,6H2,1-4H3,(H,14,15)/t8-/m0/s1. The molecule has 1 heterocycles. The lowest BCUT2D eigenvalue weighted by atomic mass is 9.85. The van der Waals surface area contributed by atoms with Gasteiger partial charge in [-0.15, -0.1) is 0 Å². The molecule has 0 bridgehead atoms. The Bertz CT molecular complexity index is 336. The number of halogens is 2. The SMILES string of the molecule is CC1(C)OCC(C)(C)[C@H](C(=O)NC=C(I)I)O1. The van der Waals surface area contributed by atoms with Gasteiger partial charge in [0.1, 0.15) is 6.10 Å². The molecular formula is C11H17I2NO3. The number of rotatable bonds is 2. The Labute approximate surface area is 129 Å².